The Hall–Kier alpha value is -7.35. The van der Waals surface area contributed by atoms with Gasteiger partial charge in [-0.05, 0) is 305 Å². The zero-order valence-electron chi connectivity index (χ0n) is 72.1. The molecule has 12 bridgehead atoms. The van der Waals surface area contributed by atoms with Gasteiger partial charge in [-0.15, -0.1) is 0 Å². The predicted octanol–water partition coefficient (Wildman–Crippen LogP) is 15.9. The number of nitrogens with zero attached hydrogens (tertiary/aromatic N) is 5. The van der Waals surface area contributed by atoms with Crippen LogP contribution in [0.5, 0.6) is 0 Å². The number of piperidine rings is 4. The van der Waals surface area contributed by atoms with E-state index in [9.17, 15) is 52.7 Å². The number of ether oxygens (including phenoxy) is 11. The van der Waals surface area contributed by atoms with E-state index in [-0.39, 0.29) is 150 Å². The molecule has 0 aromatic rings. The van der Waals surface area contributed by atoms with Crippen LogP contribution in [-0.2, 0) is 80.9 Å². The van der Waals surface area contributed by atoms with Crippen LogP contribution in [0.2, 0.25) is 0 Å². The van der Waals surface area contributed by atoms with E-state index in [0.717, 1.165) is 133 Å². The van der Waals surface area contributed by atoms with Crippen LogP contribution in [0.3, 0.4) is 0 Å². The first-order valence-corrected chi connectivity index (χ1v) is 42.4. The molecule has 0 aromatic carbocycles. The molecule has 27 heteroatoms. The fourth-order valence-electron chi connectivity index (χ4n) is 18.5. The van der Waals surface area contributed by atoms with E-state index in [2.05, 4.69) is 6.08 Å². The van der Waals surface area contributed by atoms with E-state index in [4.69, 9.17) is 52.1 Å². The number of hydrogen-bond donors (Lipinski definition) is 0. The van der Waals surface area contributed by atoms with Gasteiger partial charge in [0, 0.05) is 59.9 Å². The van der Waals surface area contributed by atoms with Crippen molar-refractivity contribution >= 4 is 66.3 Å². The molecule has 16 atom stereocenters. The molecule has 0 N–H and O–H groups in total. The number of rotatable bonds is 12. The third kappa shape index (κ3) is 25.6. The van der Waals surface area contributed by atoms with Crippen LogP contribution in [0.1, 0.15) is 293 Å². The average molecular weight is 1600 g/mol. The van der Waals surface area contributed by atoms with Gasteiger partial charge in [-0.25, -0.2) is 33.6 Å². The quantitative estimate of drug-likeness (QED) is 0.129. The molecule has 0 radical (unpaired) electrons. The second kappa shape index (κ2) is 40.5. The second-order valence-corrected chi connectivity index (χ2v) is 36.7. The zero-order valence-corrected chi connectivity index (χ0v) is 72.1. The molecule has 6 unspecified atom stereocenters. The van der Waals surface area contributed by atoms with Gasteiger partial charge in [-0.1, -0.05) is 12.2 Å². The Morgan fingerprint density at radius 3 is 0.832 bits per heavy atom. The number of fused-ring (bicyclic) bond motifs is 12. The summed E-state index contributed by atoms with van der Waals surface area (Å²) in [6, 6.07) is 0.633. The van der Waals surface area contributed by atoms with Crippen molar-refractivity contribution in [3.05, 3.63) is 23.3 Å². The molecule has 113 heavy (non-hydrogen) atoms. The molecule has 0 aromatic heterocycles. The molecule has 1 saturated carbocycles. The van der Waals surface area contributed by atoms with Gasteiger partial charge < -0.3 is 71.7 Å². The number of carbonyl (C=O) groups is 11. The highest BCUT2D eigenvalue weighted by Gasteiger charge is 2.54. The molecule has 640 valence electrons. The fraction of sp³-hybridized carbons (Fsp3) is 0.826. The molecule has 12 aliphatic rings. The fourth-order valence-corrected chi connectivity index (χ4v) is 18.5. The van der Waals surface area contributed by atoms with Crippen molar-refractivity contribution in [2.24, 2.45) is 35.5 Å². The smallest absolute Gasteiger partial charge is 0.411 e. The van der Waals surface area contributed by atoms with E-state index in [0.29, 0.717) is 57.6 Å². The Morgan fingerprint density at radius 1 is 0.292 bits per heavy atom. The predicted molar refractivity (Wildman–Crippen MR) is 421 cm³/mol. The van der Waals surface area contributed by atoms with Crippen LogP contribution >= 0.6 is 0 Å². The summed E-state index contributed by atoms with van der Waals surface area (Å²) < 4.78 is 58.0. The van der Waals surface area contributed by atoms with Gasteiger partial charge in [0.05, 0.1) is 74.9 Å². The van der Waals surface area contributed by atoms with Crippen LogP contribution in [-0.4, -0.2) is 219 Å². The number of allylic oxidation sites excluding steroid dienone is 1. The maximum Gasteiger partial charge on any atom is 0.411 e. The summed E-state index contributed by atoms with van der Waals surface area (Å²) in [5, 5.41) is 0. The first-order chi connectivity index (χ1) is 53.0. The molecule has 2 aliphatic carbocycles. The summed E-state index contributed by atoms with van der Waals surface area (Å²) in [6.07, 6.45) is 23.7. The van der Waals surface area contributed by atoms with Crippen LogP contribution in [0.4, 0.5) is 24.0 Å². The summed E-state index contributed by atoms with van der Waals surface area (Å²) in [5.41, 5.74) is -0.995. The van der Waals surface area contributed by atoms with Crippen molar-refractivity contribution in [2.75, 3.05) is 39.6 Å². The van der Waals surface area contributed by atoms with Crippen LogP contribution in [0, 0.1) is 35.5 Å². The van der Waals surface area contributed by atoms with Crippen molar-refractivity contribution in [3.63, 3.8) is 0 Å². The van der Waals surface area contributed by atoms with E-state index in [1.807, 2.05) is 145 Å². The third-order valence-electron chi connectivity index (χ3n) is 22.8. The first-order valence-electron chi connectivity index (χ1n) is 42.4. The third-order valence-corrected chi connectivity index (χ3v) is 22.8. The maximum absolute atomic E-state index is 12.4. The Bertz CT molecular complexity index is 3040. The minimum absolute atomic E-state index is 0.0531. The highest BCUT2D eigenvalue weighted by atomic mass is 16.6. The molecule has 9 saturated heterocycles. The van der Waals surface area contributed by atoms with Crippen molar-refractivity contribution in [1.82, 2.24) is 24.5 Å². The summed E-state index contributed by atoms with van der Waals surface area (Å²) in [4.78, 5) is 142. The Kier molecular flexibility index (Phi) is 33.3. The zero-order chi connectivity index (χ0) is 83.8. The van der Waals surface area contributed by atoms with Gasteiger partial charge in [0.15, 0.2) is 0 Å². The topological polar surface area (TPSA) is 306 Å². The van der Waals surface area contributed by atoms with Crippen LogP contribution in [0.15, 0.2) is 23.3 Å². The SMILES string of the molecule is CCOC(=O)C1=CCC2CC[C@@H]1N2C(=O)OC(C)(C)C.CCOC(=O)C1=CC[C@@H]2CCC1C2.CCOC(=O)[C@@H]1CCC2CC[C@@H]1N2C(=O)OC(C)(C)C.CCOC(=O)[C@@H]1CC[C@@H]2CCC1N2C(=O)OC(C)(C)C.CCOC(=O)[C@H]1CCC2CC[C@@H]1N2C(=O)OC(C)(C)C.CCOC(=O)[C@H]1CC[C@@H]2CCC1N2C(=O)OC(C)(C)C. The number of amides is 5. The number of esters is 6. The first kappa shape index (κ1) is 92.8. The molecule has 5 amide bonds. The van der Waals surface area contributed by atoms with Gasteiger partial charge in [0.25, 0.3) is 0 Å². The van der Waals surface area contributed by atoms with Gasteiger partial charge in [-0.2, -0.15) is 0 Å². The molecule has 0 spiro atoms. The lowest BCUT2D eigenvalue weighted by Crippen LogP contribution is -2.51. The van der Waals surface area contributed by atoms with Crippen molar-refractivity contribution in [2.45, 2.75) is 382 Å². The lowest BCUT2D eigenvalue weighted by atomic mass is 9.88. The van der Waals surface area contributed by atoms with Crippen LogP contribution < -0.4 is 0 Å². The van der Waals surface area contributed by atoms with Gasteiger partial charge in [0.1, 0.15) is 28.0 Å². The van der Waals surface area contributed by atoms with E-state index in [1.54, 1.807) is 31.4 Å². The van der Waals surface area contributed by atoms with Gasteiger partial charge in [-0.3, -0.25) is 24.1 Å². The largest absolute Gasteiger partial charge is 0.466 e. The minimum atomic E-state index is -0.526. The lowest BCUT2D eigenvalue weighted by Gasteiger charge is -2.39. The maximum atomic E-state index is 12.4. The summed E-state index contributed by atoms with van der Waals surface area (Å²) >= 11 is 0. The summed E-state index contributed by atoms with van der Waals surface area (Å²) in [7, 11) is 0. The van der Waals surface area contributed by atoms with Crippen molar-refractivity contribution < 1.29 is 105 Å². The molecule has 10 aliphatic heterocycles. The Balaban J connectivity index is 0.000000189. The molecule has 27 nitrogen and oxygen atoms in total. The summed E-state index contributed by atoms with van der Waals surface area (Å²) in [6.45, 7) is 41.1. The second-order valence-electron chi connectivity index (χ2n) is 36.7. The lowest BCUT2D eigenvalue weighted by molar-refractivity contribution is -0.152. The highest BCUT2D eigenvalue weighted by molar-refractivity contribution is 5.92. The Morgan fingerprint density at radius 2 is 0.549 bits per heavy atom. The molecule has 12 rings (SSSR count). The monoisotopic (exact) mass is 1590 g/mol. The van der Waals surface area contributed by atoms with Crippen molar-refractivity contribution in [1.29, 1.82) is 0 Å². The van der Waals surface area contributed by atoms with E-state index >= 15 is 0 Å². The number of carbonyl (C=O) groups excluding carboxylic acids is 11. The molecular formula is C86H139N5O22. The molecule has 10 heterocycles. The molecular weight excluding hydrogens is 1450 g/mol. The van der Waals surface area contributed by atoms with Gasteiger partial charge >= 0.3 is 66.3 Å². The van der Waals surface area contributed by atoms with E-state index in [1.165, 1.54) is 19.3 Å². The average Bonchev–Trinajstić information content (AvgIpc) is 1.66. The standard InChI is InChI=1S/4C15H25NO4.C15H23NO4.C11H16O2/c5*1-5-19-13(17)11-8-6-10-7-9-12(11)16(10)14(18)20-15(2,3)4;1-2-13-11(12)10-6-4-8-3-5-9(10)7-8/h4*10-12H,5-9H2,1-4H3;8,10,12H,5-7,9H2,1-4H3;6,8-9H,2-5,7H2,1H3/t10?,11-,12+;10?,11-,12-;10-,11+,12?;10-,11-,12?;10?,12-;8-,9?/m101100/s1. The normalized spacial score (nSPS) is 28.7. The van der Waals surface area contributed by atoms with Gasteiger partial charge in [0.2, 0.25) is 0 Å². The molecule has 10 fully saturated rings. The highest BCUT2D eigenvalue weighted by Crippen LogP contribution is 2.47. The summed E-state index contributed by atoms with van der Waals surface area (Å²) in [5.74, 6) is -0.499. The van der Waals surface area contributed by atoms with E-state index < -0.39 is 28.0 Å². The Labute approximate surface area is 672 Å². The van der Waals surface area contributed by atoms with Crippen molar-refractivity contribution in [3.8, 4) is 0 Å². The van der Waals surface area contributed by atoms with Crippen LogP contribution in [0.25, 0.3) is 0 Å². The number of hydrogen-bond acceptors (Lipinski definition) is 22. The minimum Gasteiger partial charge on any atom is -0.466 e.